The molecule has 4 nitrogen and oxygen atoms in total. The van der Waals surface area contributed by atoms with Gasteiger partial charge in [-0.1, -0.05) is 15.9 Å². The third-order valence-electron chi connectivity index (χ3n) is 1.96. The number of nitrogens with one attached hydrogen (secondary N) is 1. The Bertz CT molecular complexity index is 490. The van der Waals surface area contributed by atoms with Gasteiger partial charge in [-0.05, 0) is 41.1 Å². The van der Waals surface area contributed by atoms with Gasteiger partial charge in [0.05, 0.1) is 11.5 Å². The molecule has 0 aromatic heterocycles. The molecule has 0 amide bonds. The standard InChI is InChI=1S/C10H13Br2NO3S/c1-7(6-16-2)13-17(14,15)10-5-8(11)3-4-9(10)12/h3-5,7,13H,6H2,1-2H3. The minimum Gasteiger partial charge on any atom is -0.383 e. The number of halogens is 2. The highest BCUT2D eigenvalue weighted by molar-refractivity contribution is 9.11. The zero-order valence-corrected chi connectivity index (χ0v) is 13.4. The van der Waals surface area contributed by atoms with E-state index in [0.29, 0.717) is 15.6 Å². The van der Waals surface area contributed by atoms with E-state index in [2.05, 4.69) is 36.6 Å². The lowest BCUT2D eigenvalue weighted by molar-refractivity contribution is 0.180. The lowest BCUT2D eigenvalue weighted by Crippen LogP contribution is -2.35. The zero-order chi connectivity index (χ0) is 13.1. The quantitative estimate of drug-likeness (QED) is 0.845. The fourth-order valence-corrected chi connectivity index (χ4v) is 4.03. The first-order valence-electron chi connectivity index (χ1n) is 4.83. The molecule has 0 heterocycles. The molecule has 0 aliphatic heterocycles. The summed E-state index contributed by atoms with van der Waals surface area (Å²) < 4.78 is 32.8. The highest BCUT2D eigenvalue weighted by Crippen LogP contribution is 2.25. The van der Waals surface area contributed by atoms with Crippen LogP contribution >= 0.6 is 31.9 Å². The van der Waals surface area contributed by atoms with Crippen LogP contribution in [0.1, 0.15) is 6.92 Å². The second-order valence-electron chi connectivity index (χ2n) is 3.55. The largest absolute Gasteiger partial charge is 0.383 e. The number of benzene rings is 1. The molecule has 0 fully saturated rings. The number of hydrogen-bond donors (Lipinski definition) is 1. The Morgan fingerprint density at radius 3 is 2.65 bits per heavy atom. The van der Waals surface area contributed by atoms with Crippen LogP contribution in [0.3, 0.4) is 0 Å². The maximum atomic E-state index is 12.1. The van der Waals surface area contributed by atoms with Crippen molar-refractivity contribution in [3.05, 3.63) is 27.1 Å². The summed E-state index contributed by atoms with van der Waals surface area (Å²) in [5, 5.41) is 0. The molecule has 1 N–H and O–H groups in total. The molecule has 1 unspecified atom stereocenters. The van der Waals surface area contributed by atoms with Crippen molar-refractivity contribution in [2.24, 2.45) is 0 Å². The van der Waals surface area contributed by atoms with Crippen LogP contribution in [0.15, 0.2) is 32.0 Å². The van der Waals surface area contributed by atoms with Crippen LogP contribution in [0, 0.1) is 0 Å². The predicted molar refractivity (Wildman–Crippen MR) is 73.5 cm³/mol. The second-order valence-corrected chi connectivity index (χ2v) is 7.00. The Balaban J connectivity index is 3.01. The van der Waals surface area contributed by atoms with Gasteiger partial charge in [-0.3, -0.25) is 0 Å². The molecule has 0 aliphatic rings. The normalized spacial score (nSPS) is 13.6. The summed E-state index contributed by atoms with van der Waals surface area (Å²) >= 11 is 6.47. The highest BCUT2D eigenvalue weighted by Gasteiger charge is 2.20. The average molecular weight is 387 g/mol. The molecule has 1 rings (SSSR count). The Morgan fingerprint density at radius 2 is 2.06 bits per heavy atom. The topological polar surface area (TPSA) is 55.4 Å². The van der Waals surface area contributed by atoms with Gasteiger partial charge in [0.2, 0.25) is 10.0 Å². The molecule has 0 saturated carbocycles. The first-order chi connectivity index (χ1) is 7.86. The lowest BCUT2D eigenvalue weighted by Gasteiger charge is -2.14. The molecule has 1 atom stereocenters. The maximum absolute atomic E-state index is 12.1. The van der Waals surface area contributed by atoms with Gasteiger partial charge in [-0.15, -0.1) is 0 Å². The average Bonchev–Trinajstić information content (AvgIpc) is 2.21. The Hall–Kier alpha value is 0.0500. The van der Waals surface area contributed by atoms with Gasteiger partial charge in [0, 0.05) is 22.1 Å². The summed E-state index contributed by atoms with van der Waals surface area (Å²) in [6.07, 6.45) is 0. The van der Waals surface area contributed by atoms with Crippen LogP contribution in [0.5, 0.6) is 0 Å². The fourth-order valence-electron chi connectivity index (χ4n) is 1.30. The zero-order valence-electron chi connectivity index (χ0n) is 9.41. The van der Waals surface area contributed by atoms with E-state index in [1.807, 2.05) is 0 Å². The van der Waals surface area contributed by atoms with Gasteiger partial charge in [-0.2, -0.15) is 0 Å². The second kappa shape index (κ2) is 6.29. The molecule has 0 aliphatic carbocycles. The summed E-state index contributed by atoms with van der Waals surface area (Å²) in [5.41, 5.74) is 0. The Morgan fingerprint density at radius 1 is 1.41 bits per heavy atom. The summed E-state index contributed by atoms with van der Waals surface area (Å²) in [5.74, 6) is 0. The Kier molecular flexibility index (Phi) is 5.59. The smallest absolute Gasteiger partial charge is 0.242 e. The SMILES string of the molecule is COCC(C)NS(=O)(=O)c1cc(Br)ccc1Br. The molecule has 0 spiro atoms. The Labute approximate surface area is 118 Å². The number of ether oxygens (including phenoxy) is 1. The molecular weight excluding hydrogens is 374 g/mol. The van der Waals surface area contributed by atoms with Crippen molar-refractivity contribution in [3.63, 3.8) is 0 Å². The molecule has 17 heavy (non-hydrogen) atoms. The van der Waals surface area contributed by atoms with E-state index >= 15 is 0 Å². The van der Waals surface area contributed by atoms with Crippen LogP contribution in [0.2, 0.25) is 0 Å². The van der Waals surface area contributed by atoms with Crippen molar-refractivity contribution in [2.75, 3.05) is 13.7 Å². The molecule has 0 saturated heterocycles. The van der Waals surface area contributed by atoms with Crippen LogP contribution in [0.25, 0.3) is 0 Å². The van der Waals surface area contributed by atoms with Gasteiger partial charge < -0.3 is 4.74 Å². The monoisotopic (exact) mass is 385 g/mol. The van der Waals surface area contributed by atoms with Gasteiger partial charge >= 0.3 is 0 Å². The summed E-state index contributed by atoms with van der Waals surface area (Å²) in [4.78, 5) is 0.204. The van der Waals surface area contributed by atoms with E-state index in [1.165, 1.54) is 7.11 Å². The maximum Gasteiger partial charge on any atom is 0.242 e. The van der Waals surface area contributed by atoms with E-state index in [0.717, 1.165) is 0 Å². The molecule has 1 aromatic rings. The van der Waals surface area contributed by atoms with Crippen molar-refractivity contribution in [3.8, 4) is 0 Å². The molecule has 0 bridgehead atoms. The minimum absolute atomic E-state index is 0.204. The number of rotatable bonds is 5. The van der Waals surface area contributed by atoms with Crippen LogP contribution < -0.4 is 4.72 Å². The van der Waals surface area contributed by atoms with E-state index in [-0.39, 0.29) is 10.9 Å². The van der Waals surface area contributed by atoms with Crippen LogP contribution in [0.4, 0.5) is 0 Å². The van der Waals surface area contributed by atoms with Crippen LogP contribution in [-0.4, -0.2) is 28.2 Å². The summed E-state index contributed by atoms with van der Waals surface area (Å²) in [6.45, 7) is 2.07. The van der Waals surface area contributed by atoms with Crippen molar-refractivity contribution in [1.82, 2.24) is 4.72 Å². The van der Waals surface area contributed by atoms with Gasteiger partial charge in [0.15, 0.2) is 0 Å². The predicted octanol–water partition coefficient (Wildman–Crippen LogP) is 2.52. The van der Waals surface area contributed by atoms with E-state index in [1.54, 1.807) is 25.1 Å². The van der Waals surface area contributed by atoms with E-state index in [9.17, 15) is 8.42 Å². The third-order valence-corrected chi connectivity index (χ3v) is 5.03. The van der Waals surface area contributed by atoms with Crippen molar-refractivity contribution < 1.29 is 13.2 Å². The van der Waals surface area contributed by atoms with Crippen molar-refractivity contribution in [1.29, 1.82) is 0 Å². The first kappa shape index (κ1) is 15.1. The van der Waals surface area contributed by atoms with E-state index < -0.39 is 10.0 Å². The van der Waals surface area contributed by atoms with Crippen LogP contribution in [-0.2, 0) is 14.8 Å². The lowest BCUT2D eigenvalue weighted by atomic mass is 10.4. The van der Waals surface area contributed by atoms with Crippen molar-refractivity contribution in [2.45, 2.75) is 17.9 Å². The molecule has 7 heteroatoms. The number of methoxy groups -OCH3 is 1. The minimum atomic E-state index is -3.54. The fraction of sp³-hybridized carbons (Fsp3) is 0.400. The van der Waals surface area contributed by atoms with Crippen molar-refractivity contribution >= 4 is 41.9 Å². The molecule has 1 aromatic carbocycles. The number of hydrogen-bond acceptors (Lipinski definition) is 3. The third kappa shape index (κ3) is 4.33. The molecule has 96 valence electrons. The number of sulfonamides is 1. The molecule has 0 radical (unpaired) electrons. The highest BCUT2D eigenvalue weighted by atomic mass is 79.9. The summed E-state index contributed by atoms with van der Waals surface area (Å²) in [6, 6.07) is 4.71. The van der Waals surface area contributed by atoms with Gasteiger partial charge in [0.1, 0.15) is 0 Å². The van der Waals surface area contributed by atoms with Gasteiger partial charge in [0.25, 0.3) is 0 Å². The first-order valence-corrected chi connectivity index (χ1v) is 7.90. The summed E-state index contributed by atoms with van der Waals surface area (Å²) in [7, 11) is -2.01. The van der Waals surface area contributed by atoms with Gasteiger partial charge in [-0.25, -0.2) is 13.1 Å². The van der Waals surface area contributed by atoms with E-state index in [4.69, 9.17) is 4.74 Å². The molecular formula is C10H13Br2NO3S.